The van der Waals surface area contributed by atoms with Gasteiger partial charge in [-0.2, -0.15) is 0 Å². The minimum atomic E-state index is -0.258. The molecule has 1 aromatic carbocycles. The van der Waals surface area contributed by atoms with E-state index >= 15 is 0 Å². The van der Waals surface area contributed by atoms with Crippen LogP contribution < -0.4 is 21.6 Å². The number of H-pyrrole nitrogens is 1. The van der Waals surface area contributed by atoms with Crippen LogP contribution in [0.4, 0.5) is 5.69 Å². The first-order valence-electron chi connectivity index (χ1n) is 6.27. The molecular formula is C14H17N3O3. The average molecular weight is 275 g/mol. The van der Waals surface area contributed by atoms with Crippen LogP contribution in [-0.2, 0) is 6.54 Å². The highest BCUT2D eigenvalue weighted by molar-refractivity contribution is 5.43. The fourth-order valence-electron chi connectivity index (χ4n) is 1.81. The third kappa shape index (κ3) is 2.90. The third-order valence-corrected chi connectivity index (χ3v) is 3.15. The van der Waals surface area contributed by atoms with Crippen molar-refractivity contribution in [2.75, 3.05) is 12.3 Å². The zero-order chi connectivity index (χ0) is 14.7. The molecule has 1 heterocycles. The molecule has 0 saturated carbocycles. The molecule has 0 spiro atoms. The van der Waals surface area contributed by atoms with Crippen molar-refractivity contribution in [2.24, 2.45) is 0 Å². The molecule has 0 unspecified atom stereocenters. The number of nitrogen functional groups attached to an aromatic ring is 1. The van der Waals surface area contributed by atoms with Crippen molar-refractivity contribution in [1.82, 2.24) is 9.78 Å². The van der Waals surface area contributed by atoms with Crippen LogP contribution in [0.1, 0.15) is 11.1 Å². The van der Waals surface area contributed by atoms with Crippen molar-refractivity contribution in [3.63, 3.8) is 0 Å². The molecule has 0 fully saturated rings. The van der Waals surface area contributed by atoms with Gasteiger partial charge in [0.2, 0.25) is 0 Å². The van der Waals surface area contributed by atoms with E-state index in [1.54, 1.807) is 38.1 Å². The predicted octanol–water partition coefficient (Wildman–Crippen LogP) is 0.815. The van der Waals surface area contributed by atoms with Gasteiger partial charge in [0.15, 0.2) is 0 Å². The quantitative estimate of drug-likeness (QED) is 0.808. The number of nitrogens with one attached hydrogen (secondary N) is 1. The number of benzene rings is 1. The molecule has 0 aliphatic heterocycles. The number of aromatic nitrogens is 2. The molecule has 106 valence electrons. The van der Waals surface area contributed by atoms with E-state index < -0.39 is 0 Å². The molecule has 6 nitrogen and oxygen atoms in total. The van der Waals surface area contributed by atoms with Gasteiger partial charge in [-0.3, -0.25) is 14.7 Å². The summed E-state index contributed by atoms with van der Waals surface area (Å²) in [5.74, 6) is 0.629. The van der Waals surface area contributed by atoms with Crippen LogP contribution in [0.25, 0.3) is 0 Å². The third-order valence-electron chi connectivity index (χ3n) is 3.15. The summed E-state index contributed by atoms with van der Waals surface area (Å²) in [6.07, 6.45) is 0. The summed E-state index contributed by atoms with van der Waals surface area (Å²) in [5, 5.41) is 2.53. The molecule has 1 aromatic heterocycles. The van der Waals surface area contributed by atoms with Crippen LogP contribution in [0, 0.1) is 13.8 Å². The van der Waals surface area contributed by atoms with E-state index in [4.69, 9.17) is 10.5 Å². The number of aromatic amines is 1. The van der Waals surface area contributed by atoms with Crippen LogP contribution in [0.2, 0.25) is 0 Å². The summed E-state index contributed by atoms with van der Waals surface area (Å²) in [6.45, 7) is 3.80. The number of hydrogen-bond donors (Lipinski definition) is 2. The molecule has 0 saturated heterocycles. The minimum Gasteiger partial charge on any atom is -0.492 e. The smallest absolute Gasteiger partial charge is 0.268 e. The normalized spacial score (nSPS) is 10.5. The first kappa shape index (κ1) is 13.9. The van der Waals surface area contributed by atoms with Crippen LogP contribution in [0.5, 0.6) is 5.75 Å². The number of nitrogens with zero attached hydrogens (tertiary/aromatic N) is 1. The second kappa shape index (κ2) is 5.64. The fraction of sp³-hybridized carbons (Fsp3) is 0.286. The first-order chi connectivity index (χ1) is 9.49. The lowest BCUT2D eigenvalue weighted by atomic mass is 10.2. The Bertz CT molecular complexity index is 731. The van der Waals surface area contributed by atoms with Gasteiger partial charge in [0, 0.05) is 22.9 Å². The second-order valence-electron chi connectivity index (χ2n) is 4.57. The Kier molecular flexibility index (Phi) is 3.93. The van der Waals surface area contributed by atoms with Crippen LogP contribution >= 0.6 is 0 Å². The van der Waals surface area contributed by atoms with E-state index in [1.165, 1.54) is 4.68 Å². The van der Waals surface area contributed by atoms with Crippen LogP contribution in [0.3, 0.4) is 0 Å². The molecule has 0 atom stereocenters. The second-order valence-corrected chi connectivity index (χ2v) is 4.57. The maximum Gasteiger partial charge on any atom is 0.268 e. The molecular weight excluding hydrogens is 258 g/mol. The van der Waals surface area contributed by atoms with Crippen molar-refractivity contribution in [1.29, 1.82) is 0 Å². The summed E-state index contributed by atoms with van der Waals surface area (Å²) < 4.78 is 6.75. The Hall–Kier alpha value is -2.50. The van der Waals surface area contributed by atoms with E-state index in [1.807, 2.05) is 0 Å². The van der Waals surface area contributed by atoms with Gasteiger partial charge in [0.25, 0.3) is 11.1 Å². The van der Waals surface area contributed by atoms with E-state index in [-0.39, 0.29) is 24.3 Å². The Morgan fingerprint density at radius 2 is 2.00 bits per heavy atom. The number of ether oxygens (including phenoxy) is 1. The Morgan fingerprint density at radius 1 is 1.25 bits per heavy atom. The summed E-state index contributed by atoms with van der Waals surface area (Å²) in [5.41, 5.74) is 6.68. The highest BCUT2D eigenvalue weighted by Gasteiger charge is 2.07. The Balaban J connectivity index is 2.09. The Labute approximate surface area is 115 Å². The number of rotatable bonds is 4. The standard InChI is InChI=1S/C14H17N3O3/c1-9-10(2)14(19)17(16-13(9)18)6-7-20-12-5-3-4-11(15)8-12/h3-5,8H,6-7,15H2,1-2H3,(H,16,18). The molecule has 2 aromatic rings. The minimum absolute atomic E-state index is 0.210. The van der Waals surface area contributed by atoms with Gasteiger partial charge >= 0.3 is 0 Å². The lowest BCUT2D eigenvalue weighted by Gasteiger charge is -2.10. The van der Waals surface area contributed by atoms with Gasteiger partial charge in [0.1, 0.15) is 12.4 Å². The Morgan fingerprint density at radius 3 is 2.70 bits per heavy atom. The largest absolute Gasteiger partial charge is 0.492 e. The molecule has 20 heavy (non-hydrogen) atoms. The summed E-state index contributed by atoms with van der Waals surface area (Å²) in [4.78, 5) is 23.6. The van der Waals surface area contributed by atoms with Gasteiger partial charge in [-0.15, -0.1) is 0 Å². The number of anilines is 1. The van der Waals surface area contributed by atoms with Gasteiger partial charge in [-0.25, -0.2) is 4.68 Å². The maximum absolute atomic E-state index is 12.0. The van der Waals surface area contributed by atoms with Crippen LogP contribution in [-0.4, -0.2) is 16.4 Å². The summed E-state index contributed by atoms with van der Waals surface area (Å²) in [6, 6.07) is 7.03. The lowest BCUT2D eigenvalue weighted by Crippen LogP contribution is -2.34. The molecule has 3 N–H and O–H groups in total. The SMILES string of the molecule is Cc1c(C)c(=O)n(CCOc2cccc(N)c2)[nH]c1=O. The topological polar surface area (TPSA) is 90.1 Å². The zero-order valence-electron chi connectivity index (χ0n) is 11.5. The van der Waals surface area contributed by atoms with Crippen molar-refractivity contribution < 1.29 is 4.74 Å². The van der Waals surface area contributed by atoms with Crippen molar-refractivity contribution in [3.8, 4) is 5.75 Å². The molecule has 0 radical (unpaired) electrons. The molecule has 0 amide bonds. The summed E-state index contributed by atoms with van der Waals surface area (Å²) >= 11 is 0. The van der Waals surface area contributed by atoms with Gasteiger partial charge in [-0.05, 0) is 26.0 Å². The van der Waals surface area contributed by atoms with Crippen molar-refractivity contribution >= 4 is 5.69 Å². The van der Waals surface area contributed by atoms with Gasteiger partial charge < -0.3 is 10.5 Å². The molecule has 0 aliphatic rings. The summed E-state index contributed by atoms with van der Waals surface area (Å²) in [7, 11) is 0. The average Bonchev–Trinajstić information content (AvgIpc) is 2.42. The monoisotopic (exact) mass is 275 g/mol. The van der Waals surface area contributed by atoms with Crippen molar-refractivity contribution in [2.45, 2.75) is 20.4 Å². The van der Waals surface area contributed by atoms with E-state index in [9.17, 15) is 9.59 Å². The first-order valence-corrected chi connectivity index (χ1v) is 6.27. The zero-order valence-corrected chi connectivity index (χ0v) is 11.5. The highest BCUT2D eigenvalue weighted by Crippen LogP contribution is 2.14. The fourth-order valence-corrected chi connectivity index (χ4v) is 1.81. The predicted molar refractivity (Wildman–Crippen MR) is 77.1 cm³/mol. The van der Waals surface area contributed by atoms with Gasteiger partial charge in [-0.1, -0.05) is 6.07 Å². The van der Waals surface area contributed by atoms with Crippen molar-refractivity contribution in [3.05, 3.63) is 56.1 Å². The van der Waals surface area contributed by atoms with Crippen LogP contribution in [0.15, 0.2) is 33.9 Å². The van der Waals surface area contributed by atoms with Gasteiger partial charge in [0.05, 0.1) is 6.54 Å². The molecule has 0 aliphatic carbocycles. The van der Waals surface area contributed by atoms with E-state index in [0.717, 1.165) is 0 Å². The maximum atomic E-state index is 12.0. The van der Waals surface area contributed by atoms with E-state index in [0.29, 0.717) is 22.6 Å². The molecule has 2 rings (SSSR count). The highest BCUT2D eigenvalue weighted by atomic mass is 16.5. The number of nitrogens with two attached hydrogens (primary N) is 1. The molecule has 0 bridgehead atoms. The van der Waals surface area contributed by atoms with E-state index in [2.05, 4.69) is 5.10 Å². The lowest BCUT2D eigenvalue weighted by molar-refractivity contribution is 0.287. The molecule has 6 heteroatoms. The number of hydrogen-bond acceptors (Lipinski definition) is 4.